The molecule has 1 aliphatic rings. The molecule has 0 radical (unpaired) electrons. The molecule has 86 valence electrons. The van der Waals surface area contributed by atoms with Gasteiger partial charge in [-0.25, -0.2) is 4.98 Å². The lowest BCUT2D eigenvalue weighted by Crippen LogP contribution is -2.43. The standard InChI is InChI=1S/C9H12ClN3.2ClH/c10-9-7-8(1-2-12-9)13-5-3-11-4-6-13;;/h1-2,7,11H,3-6H2;2*1H. The maximum Gasteiger partial charge on any atom is 0.131 e. The number of rotatable bonds is 1. The van der Waals surface area contributed by atoms with Crippen molar-refractivity contribution in [3.05, 3.63) is 23.5 Å². The molecule has 0 amide bonds. The molecule has 0 aliphatic carbocycles. The van der Waals surface area contributed by atoms with Crippen LogP contribution in [0.15, 0.2) is 18.3 Å². The fourth-order valence-corrected chi connectivity index (χ4v) is 1.68. The van der Waals surface area contributed by atoms with E-state index in [9.17, 15) is 0 Å². The highest BCUT2D eigenvalue weighted by molar-refractivity contribution is 6.29. The lowest BCUT2D eigenvalue weighted by atomic mass is 10.3. The molecule has 0 aromatic carbocycles. The molecule has 6 heteroatoms. The van der Waals surface area contributed by atoms with Crippen LogP contribution in [0.25, 0.3) is 0 Å². The SMILES string of the molecule is Cl.Cl.Clc1cc(N2CCNCC2)ccn1. The first-order valence-electron chi connectivity index (χ1n) is 4.43. The van der Waals surface area contributed by atoms with Crippen molar-refractivity contribution in [1.29, 1.82) is 0 Å². The number of piperazine rings is 1. The van der Waals surface area contributed by atoms with Gasteiger partial charge in [0.1, 0.15) is 5.15 Å². The minimum Gasteiger partial charge on any atom is -0.369 e. The smallest absolute Gasteiger partial charge is 0.131 e. The Hall–Kier alpha value is -0.220. The van der Waals surface area contributed by atoms with E-state index in [2.05, 4.69) is 15.2 Å². The summed E-state index contributed by atoms with van der Waals surface area (Å²) < 4.78 is 0. The monoisotopic (exact) mass is 269 g/mol. The summed E-state index contributed by atoms with van der Waals surface area (Å²) in [6.07, 6.45) is 1.75. The molecule has 2 rings (SSSR count). The second-order valence-corrected chi connectivity index (χ2v) is 3.46. The summed E-state index contributed by atoms with van der Waals surface area (Å²) in [5.41, 5.74) is 1.17. The number of aromatic nitrogens is 1. The third-order valence-corrected chi connectivity index (χ3v) is 2.40. The average molecular weight is 271 g/mol. The lowest BCUT2D eigenvalue weighted by molar-refractivity contribution is 0.589. The van der Waals surface area contributed by atoms with Gasteiger partial charge < -0.3 is 10.2 Å². The number of anilines is 1. The number of nitrogens with one attached hydrogen (secondary N) is 1. The maximum absolute atomic E-state index is 5.81. The maximum atomic E-state index is 5.81. The summed E-state index contributed by atoms with van der Waals surface area (Å²) in [6.45, 7) is 4.17. The number of hydrogen-bond donors (Lipinski definition) is 1. The largest absolute Gasteiger partial charge is 0.369 e. The molecule has 15 heavy (non-hydrogen) atoms. The third kappa shape index (κ3) is 4.03. The first-order chi connectivity index (χ1) is 6.36. The lowest BCUT2D eigenvalue weighted by Gasteiger charge is -2.29. The second-order valence-electron chi connectivity index (χ2n) is 3.07. The second kappa shape index (κ2) is 7.12. The number of halogens is 3. The Bertz CT molecular complexity index is 290. The molecule has 1 fully saturated rings. The van der Waals surface area contributed by atoms with Crippen molar-refractivity contribution >= 4 is 42.1 Å². The van der Waals surface area contributed by atoms with E-state index in [1.165, 1.54) is 5.69 Å². The van der Waals surface area contributed by atoms with Gasteiger partial charge in [-0.3, -0.25) is 0 Å². The summed E-state index contributed by atoms with van der Waals surface area (Å²) in [4.78, 5) is 6.27. The topological polar surface area (TPSA) is 28.2 Å². The molecule has 0 unspecified atom stereocenters. The molecule has 2 heterocycles. The van der Waals surface area contributed by atoms with Crippen LogP contribution < -0.4 is 10.2 Å². The summed E-state index contributed by atoms with van der Waals surface area (Å²) >= 11 is 5.81. The minimum absolute atomic E-state index is 0. The Balaban J connectivity index is 0.000000980. The fourth-order valence-electron chi connectivity index (χ4n) is 1.51. The van der Waals surface area contributed by atoms with Crippen LogP contribution in [0.5, 0.6) is 0 Å². The van der Waals surface area contributed by atoms with E-state index in [1.807, 2.05) is 12.1 Å². The third-order valence-electron chi connectivity index (χ3n) is 2.19. The Morgan fingerprint density at radius 1 is 1.27 bits per heavy atom. The van der Waals surface area contributed by atoms with Crippen molar-refractivity contribution in [2.45, 2.75) is 0 Å². The van der Waals surface area contributed by atoms with E-state index in [-0.39, 0.29) is 24.8 Å². The zero-order valence-electron chi connectivity index (χ0n) is 8.15. The van der Waals surface area contributed by atoms with E-state index < -0.39 is 0 Å². The van der Waals surface area contributed by atoms with Crippen LogP contribution >= 0.6 is 36.4 Å². The van der Waals surface area contributed by atoms with E-state index in [4.69, 9.17) is 11.6 Å². The number of pyridine rings is 1. The van der Waals surface area contributed by atoms with Gasteiger partial charge >= 0.3 is 0 Å². The Kier molecular flexibility index (Phi) is 7.02. The Morgan fingerprint density at radius 2 is 1.93 bits per heavy atom. The molecule has 1 N–H and O–H groups in total. The van der Waals surface area contributed by atoms with Gasteiger partial charge in [-0.05, 0) is 12.1 Å². The van der Waals surface area contributed by atoms with Gasteiger partial charge in [0.05, 0.1) is 0 Å². The Morgan fingerprint density at radius 3 is 2.53 bits per heavy atom. The highest BCUT2D eigenvalue weighted by atomic mass is 35.5. The van der Waals surface area contributed by atoms with Gasteiger partial charge in [-0.15, -0.1) is 24.8 Å². The van der Waals surface area contributed by atoms with Crippen LogP contribution in [0.4, 0.5) is 5.69 Å². The number of hydrogen-bond acceptors (Lipinski definition) is 3. The quantitative estimate of drug-likeness (QED) is 0.791. The van der Waals surface area contributed by atoms with Crippen LogP contribution in [0.1, 0.15) is 0 Å². The van der Waals surface area contributed by atoms with Crippen LogP contribution in [0.2, 0.25) is 5.15 Å². The molecule has 1 saturated heterocycles. The van der Waals surface area contributed by atoms with Crippen LogP contribution in [0.3, 0.4) is 0 Å². The van der Waals surface area contributed by atoms with E-state index in [1.54, 1.807) is 6.20 Å². The molecular weight excluding hydrogens is 256 g/mol. The fraction of sp³-hybridized carbons (Fsp3) is 0.444. The van der Waals surface area contributed by atoms with Gasteiger partial charge in [0.25, 0.3) is 0 Å². The van der Waals surface area contributed by atoms with E-state index in [0.29, 0.717) is 5.15 Å². The average Bonchev–Trinajstić information content (AvgIpc) is 2.19. The predicted molar refractivity (Wildman–Crippen MR) is 68.8 cm³/mol. The predicted octanol–water partition coefficient (Wildman–Crippen LogP) is 1.99. The molecule has 0 atom stereocenters. The normalized spacial score (nSPS) is 15.1. The van der Waals surface area contributed by atoms with Crippen molar-refractivity contribution in [2.24, 2.45) is 0 Å². The van der Waals surface area contributed by atoms with Gasteiger partial charge in [0, 0.05) is 38.1 Å². The van der Waals surface area contributed by atoms with Crippen molar-refractivity contribution in [3.8, 4) is 0 Å². The summed E-state index contributed by atoms with van der Waals surface area (Å²) in [5, 5.41) is 3.87. The summed E-state index contributed by atoms with van der Waals surface area (Å²) in [6, 6.07) is 3.91. The van der Waals surface area contributed by atoms with Crippen LogP contribution in [-0.2, 0) is 0 Å². The molecule has 1 aromatic rings. The van der Waals surface area contributed by atoms with Gasteiger partial charge in [0.2, 0.25) is 0 Å². The first kappa shape index (κ1) is 14.8. The Labute approximate surface area is 107 Å². The summed E-state index contributed by atoms with van der Waals surface area (Å²) in [5.74, 6) is 0. The first-order valence-corrected chi connectivity index (χ1v) is 4.81. The highest BCUT2D eigenvalue weighted by Crippen LogP contribution is 2.17. The highest BCUT2D eigenvalue weighted by Gasteiger charge is 2.09. The number of nitrogens with zero attached hydrogens (tertiary/aromatic N) is 2. The molecule has 0 saturated carbocycles. The zero-order chi connectivity index (χ0) is 9.10. The molecule has 0 bridgehead atoms. The van der Waals surface area contributed by atoms with Crippen molar-refractivity contribution < 1.29 is 0 Å². The van der Waals surface area contributed by atoms with Crippen molar-refractivity contribution in [3.63, 3.8) is 0 Å². The van der Waals surface area contributed by atoms with Gasteiger partial charge in [0.15, 0.2) is 0 Å². The molecule has 1 aromatic heterocycles. The van der Waals surface area contributed by atoms with E-state index >= 15 is 0 Å². The molecular formula is C9H14Cl3N3. The minimum atomic E-state index is 0. The van der Waals surface area contributed by atoms with Gasteiger partial charge in [-0.1, -0.05) is 11.6 Å². The molecule has 1 aliphatic heterocycles. The van der Waals surface area contributed by atoms with Crippen molar-refractivity contribution in [1.82, 2.24) is 10.3 Å². The summed E-state index contributed by atoms with van der Waals surface area (Å²) in [7, 11) is 0. The van der Waals surface area contributed by atoms with Gasteiger partial charge in [-0.2, -0.15) is 0 Å². The van der Waals surface area contributed by atoms with Crippen LogP contribution in [0, 0.1) is 0 Å². The van der Waals surface area contributed by atoms with E-state index in [0.717, 1.165) is 26.2 Å². The van der Waals surface area contributed by atoms with Crippen molar-refractivity contribution in [2.75, 3.05) is 31.1 Å². The van der Waals surface area contributed by atoms with Crippen LogP contribution in [-0.4, -0.2) is 31.2 Å². The molecule has 3 nitrogen and oxygen atoms in total. The zero-order valence-corrected chi connectivity index (χ0v) is 10.5. The molecule has 0 spiro atoms.